The van der Waals surface area contributed by atoms with Crippen LogP contribution in [0.1, 0.15) is 19.8 Å². The third-order valence-electron chi connectivity index (χ3n) is 4.28. The first-order valence-electron chi connectivity index (χ1n) is 8.04. The van der Waals surface area contributed by atoms with Crippen molar-refractivity contribution in [3.8, 4) is 0 Å². The summed E-state index contributed by atoms with van der Waals surface area (Å²) < 4.78 is 1.03. The number of fused-ring (bicyclic) bond motifs is 1. The zero-order valence-corrected chi connectivity index (χ0v) is 14.3. The van der Waals surface area contributed by atoms with Gasteiger partial charge in [0.05, 0.1) is 10.2 Å². The SMILES string of the molecule is CC1CCN(c2nc3ccnc(Nc4cc(N)ncn4)c3s2)CC1. The topological polar surface area (TPSA) is 92.9 Å². The molecule has 3 aromatic heterocycles. The summed E-state index contributed by atoms with van der Waals surface area (Å²) in [4.78, 5) is 19.7. The van der Waals surface area contributed by atoms with Gasteiger partial charge in [0.15, 0.2) is 10.9 Å². The Morgan fingerprint density at radius 2 is 2.08 bits per heavy atom. The van der Waals surface area contributed by atoms with E-state index in [-0.39, 0.29) is 0 Å². The van der Waals surface area contributed by atoms with Gasteiger partial charge in [-0.05, 0) is 24.8 Å². The number of nitrogens with one attached hydrogen (secondary N) is 1. The van der Waals surface area contributed by atoms with Gasteiger partial charge in [-0.15, -0.1) is 0 Å². The number of rotatable bonds is 3. The van der Waals surface area contributed by atoms with E-state index in [1.165, 1.54) is 19.2 Å². The summed E-state index contributed by atoms with van der Waals surface area (Å²) in [5, 5.41) is 4.29. The molecular formula is C16H19N7S. The van der Waals surface area contributed by atoms with Crippen LogP contribution in [0.2, 0.25) is 0 Å². The minimum atomic E-state index is 0.423. The monoisotopic (exact) mass is 341 g/mol. The minimum Gasteiger partial charge on any atom is -0.384 e. The number of hydrogen-bond donors (Lipinski definition) is 2. The van der Waals surface area contributed by atoms with Crippen molar-refractivity contribution in [3.05, 3.63) is 24.7 Å². The highest BCUT2D eigenvalue weighted by Crippen LogP contribution is 2.35. The van der Waals surface area contributed by atoms with Crippen molar-refractivity contribution < 1.29 is 0 Å². The van der Waals surface area contributed by atoms with E-state index in [2.05, 4.69) is 32.1 Å². The minimum absolute atomic E-state index is 0.423. The van der Waals surface area contributed by atoms with Crippen LogP contribution in [-0.4, -0.2) is 33.0 Å². The van der Waals surface area contributed by atoms with Crippen LogP contribution in [0.3, 0.4) is 0 Å². The number of thiazole rings is 1. The second-order valence-corrected chi connectivity index (χ2v) is 7.10. The first-order chi connectivity index (χ1) is 11.7. The molecule has 3 N–H and O–H groups in total. The van der Waals surface area contributed by atoms with Crippen LogP contribution in [0.5, 0.6) is 0 Å². The molecule has 1 aliphatic rings. The molecule has 1 saturated heterocycles. The van der Waals surface area contributed by atoms with Gasteiger partial charge >= 0.3 is 0 Å². The van der Waals surface area contributed by atoms with E-state index in [0.29, 0.717) is 11.6 Å². The third-order valence-corrected chi connectivity index (χ3v) is 5.42. The highest BCUT2D eigenvalue weighted by molar-refractivity contribution is 7.22. The predicted molar refractivity (Wildman–Crippen MR) is 97.8 cm³/mol. The average Bonchev–Trinajstić information content (AvgIpc) is 3.01. The van der Waals surface area contributed by atoms with Crippen LogP contribution in [0, 0.1) is 5.92 Å². The van der Waals surface area contributed by atoms with Crippen LogP contribution >= 0.6 is 11.3 Å². The summed E-state index contributed by atoms with van der Waals surface area (Å²) in [5.74, 6) is 2.61. The number of pyridine rings is 1. The van der Waals surface area contributed by atoms with Crippen molar-refractivity contribution in [1.29, 1.82) is 0 Å². The fraction of sp³-hybridized carbons (Fsp3) is 0.375. The molecule has 0 spiro atoms. The Balaban J connectivity index is 1.65. The van der Waals surface area contributed by atoms with Crippen molar-refractivity contribution in [2.24, 2.45) is 5.92 Å². The maximum atomic E-state index is 5.71. The Bertz CT molecular complexity index is 855. The van der Waals surface area contributed by atoms with Gasteiger partial charge < -0.3 is 16.0 Å². The van der Waals surface area contributed by atoms with Crippen LogP contribution in [-0.2, 0) is 0 Å². The van der Waals surface area contributed by atoms with Gasteiger partial charge in [0.1, 0.15) is 18.0 Å². The third kappa shape index (κ3) is 2.96. The van der Waals surface area contributed by atoms with E-state index in [4.69, 9.17) is 10.7 Å². The molecule has 0 amide bonds. The Morgan fingerprint density at radius 3 is 2.88 bits per heavy atom. The maximum Gasteiger partial charge on any atom is 0.186 e. The van der Waals surface area contributed by atoms with Gasteiger partial charge in [-0.3, -0.25) is 0 Å². The Hall–Kier alpha value is -2.48. The Kier molecular flexibility index (Phi) is 3.89. The van der Waals surface area contributed by atoms with Crippen molar-refractivity contribution in [2.75, 3.05) is 29.0 Å². The van der Waals surface area contributed by atoms with Crippen molar-refractivity contribution in [3.63, 3.8) is 0 Å². The van der Waals surface area contributed by atoms with Crippen molar-refractivity contribution in [2.45, 2.75) is 19.8 Å². The summed E-state index contributed by atoms with van der Waals surface area (Å²) in [7, 11) is 0. The van der Waals surface area contributed by atoms with E-state index >= 15 is 0 Å². The molecule has 24 heavy (non-hydrogen) atoms. The quantitative estimate of drug-likeness (QED) is 0.756. The summed E-state index contributed by atoms with van der Waals surface area (Å²) >= 11 is 1.67. The van der Waals surface area contributed by atoms with E-state index in [0.717, 1.165) is 40.2 Å². The summed E-state index contributed by atoms with van der Waals surface area (Å²) in [5.41, 5.74) is 6.66. The fourth-order valence-corrected chi connectivity index (χ4v) is 3.89. The van der Waals surface area contributed by atoms with Crippen LogP contribution < -0.4 is 16.0 Å². The predicted octanol–water partition coefficient (Wildman–Crippen LogP) is 3.04. The zero-order valence-electron chi connectivity index (χ0n) is 13.4. The van der Waals surface area contributed by atoms with Crippen LogP contribution in [0.15, 0.2) is 24.7 Å². The lowest BCUT2D eigenvalue weighted by molar-refractivity contribution is 0.438. The largest absolute Gasteiger partial charge is 0.384 e. The molecule has 124 valence electrons. The van der Waals surface area contributed by atoms with Crippen LogP contribution in [0.4, 0.5) is 22.6 Å². The zero-order chi connectivity index (χ0) is 16.5. The number of anilines is 4. The van der Waals surface area contributed by atoms with E-state index < -0.39 is 0 Å². The molecule has 0 unspecified atom stereocenters. The number of nitrogens with two attached hydrogens (primary N) is 1. The first-order valence-corrected chi connectivity index (χ1v) is 8.86. The summed E-state index contributed by atoms with van der Waals surface area (Å²) in [6.07, 6.45) is 5.64. The molecule has 0 aliphatic carbocycles. The van der Waals surface area contributed by atoms with E-state index in [1.54, 1.807) is 23.6 Å². The van der Waals surface area contributed by atoms with Gasteiger partial charge in [0, 0.05) is 25.4 Å². The fourth-order valence-electron chi connectivity index (χ4n) is 2.83. The smallest absolute Gasteiger partial charge is 0.186 e. The number of nitrogens with zero attached hydrogens (tertiary/aromatic N) is 5. The molecule has 3 aromatic rings. The number of aromatic nitrogens is 4. The molecule has 4 heterocycles. The lowest BCUT2D eigenvalue weighted by Gasteiger charge is -2.29. The highest BCUT2D eigenvalue weighted by atomic mass is 32.1. The molecule has 1 fully saturated rings. The second kappa shape index (κ2) is 6.20. The number of piperidine rings is 1. The highest BCUT2D eigenvalue weighted by Gasteiger charge is 2.20. The van der Waals surface area contributed by atoms with Crippen LogP contribution in [0.25, 0.3) is 10.2 Å². The Morgan fingerprint density at radius 1 is 1.25 bits per heavy atom. The molecule has 1 aliphatic heterocycles. The molecule has 7 nitrogen and oxygen atoms in total. The maximum absolute atomic E-state index is 5.71. The van der Waals surface area contributed by atoms with Gasteiger partial charge in [0.2, 0.25) is 0 Å². The second-order valence-electron chi connectivity index (χ2n) is 6.13. The molecule has 4 rings (SSSR count). The molecule has 0 atom stereocenters. The van der Waals surface area contributed by atoms with Crippen molar-refractivity contribution in [1.82, 2.24) is 19.9 Å². The first kappa shape index (κ1) is 15.1. The van der Waals surface area contributed by atoms with Crippen molar-refractivity contribution >= 4 is 44.1 Å². The van der Waals surface area contributed by atoms with Gasteiger partial charge in [-0.25, -0.2) is 19.9 Å². The lowest BCUT2D eigenvalue weighted by atomic mass is 10.00. The molecule has 0 saturated carbocycles. The van der Waals surface area contributed by atoms with E-state index in [9.17, 15) is 0 Å². The number of hydrogen-bond acceptors (Lipinski definition) is 8. The number of nitrogen functional groups attached to an aromatic ring is 1. The van der Waals surface area contributed by atoms with Gasteiger partial charge in [-0.2, -0.15) is 0 Å². The van der Waals surface area contributed by atoms with Gasteiger partial charge in [0.25, 0.3) is 0 Å². The summed E-state index contributed by atoms with van der Waals surface area (Å²) in [6.45, 7) is 4.45. The molecule has 0 radical (unpaired) electrons. The molecule has 8 heteroatoms. The normalized spacial score (nSPS) is 15.8. The standard InChI is InChI=1S/C16H19N7S/c1-10-3-6-23(7-4-10)16-21-11-2-5-18-15(14(11)24-16)22-13-8-12(17)19-9-20-13/h2,5,8-10H,3-4,6-7H2,1H3,(H3,17,18,19,20,22). The lowest BCUT2D eigenvalue weighted by Crippen LogP contribution is -2.32. The molecule has 0 aromatic carbocycles. The van der Waals surface area contributed by atoms with E-state index in [1.807, 2.05) is 6.07 Å². The average molecular weight is 341 g/mol. The molecule has 0 bridgehead atoms. The molecular weight excluding hydrogens is 322 g/mol. The van der Waals surface area contributed by atoms with Gasteiger partial charge in [-0.1, -0.05) is 18.3 Å². The Labute approximate surface area is 144 Å². The summed E-state index contributed by atoms with van der Waals surface area (Å²) in [6, 6.07) is 3.63.